The first kappa shape index (κ1) is 133. The van der Waals surface area contributed by atoms with Crippen LogP contribution in [-0.2, 0) is 0 Å². The van der Waals surface area contributed by atoms with Crippen molar-refractivity contribution in [2.24, 2.45) is 58.4 Å². The number of hydrazine groups is 3. The van der Waals surface area contributed by atoms with Gasteiger partial charge in [-0.05, 0) is 0 Å². The van der Waals surface area contributed by atoms with Crippen LogP contribution in [0.3, 0.4) is 0 Å². The third-order valence-electron chi connectivity index (χ3n) is 0. The molecule has 0 aromatic carbocycles. The summed E-state index contributed by atoms with van der Waals surface area (Å²) in [5.41, 5.74) is 0. The van der Waals surface area contributed by atoms with E-state index in [0.717, 1.165) is 0 Å². The summed E-state index contributed by atoms with van der Waals surface area (Å²) in [7, 11) is 0. The maximum Gasteiger partial charge on any atom is 4.00 e. The third-order valence-corrected chi connectivity index (χ3v) is 0. The van der Waals surface area contributed by atoms with Crippen molar-refractivity contribution < 1.29 is 23.4 Å². The summed E-state index contributed by atoms with van der Waals surface area (Å²) >= 11 is 0. The van der Waals surface area contributed by atoms with Gasteiger partial charge in [0.15, 0.2) is 0 Å². The minimum atomic E-state index is 0. The molecule has 0 aromatic heterocycles. The molecule has 0 aliphatic rings. The Morgan fingerprint density at radius 2 is 0.273 bits per heavy atom. The summed E-state index contributed by atoms with van der Waals surface area (Å²) in [4.78, 5) is 0. The van der Waals surface area contributed by atoms with E-state index in [1.54, 1.807) is 0 Å². The molecule has 32 N–H and O–H groups in total. The van der Waals surface area contributed by atoms with Crippen LogP contribution in [0.5, 0.6) is 0 Å². The molecule has 0 fully saturated rings. The number of rotatable bonds is 0. The fourth-order valence-corrected chi connectivity index (χ4v) is 0. The van der Waals surface area contributed by atoms with Crippen LogP contribution in [0.2, 0.25) is 0 Å². The molecule has 0 spiro atoms. The molecule has 0 radical (unpaired) electrons. The Kier molecular flexibility index (Phi) is 5140. The summed E-state index contributed by atoms with van der Waals surface area (Å²) in [6.45, 7) is 0. The van der Waals surface area contributed by atoms with Crippen molar-refractivity contribution in [3.63, 3.8) is 0 Å². The largest absolute Gasteiger partial charge is 4.00 e. The number of hydrogen-bond acceptors (Lipinski definition) is 10. The van der Waals surface area contributed by atoms with Crippen LogP contribution < -0.4 is 81.8 Å². The van der Waals surface area contributed by atoms with Gasteiger partial charge in [-0.1, -0.05) is 0 Å². The van der Waals surface area contributed by atoms with Gasteiger partial charge in [0.2, 0.25) is 0 Å². The van der Waals surface area contributed by atoms with Gasteiger partial charge in [-0.25, -0.2) is 0 Å². The number of quaternary nitrogens is 4. The maximum atomic E-state index is 4.25. The van der Waals surface area contributed by atoms with Crippen LogP contribution in [0.15, 0.2) is 0 Å². The van der Waals surface area contributed by atoms with Crippen LogP contribution in [0.1, 0.15) is 0 Å². The predicted molar refractivity (Wildman–Crippen MR) is 99.5 cm³/mol. The van der Waals surface area contributed by atoms with Gasteiger partial charge in [0.05, 0.1) is 0 Å². The van der Waals surface area contributed by atoms with Gasteiger partial charge < -0.3 is 102 Å². The van der Waals surface area contributed by atoms with Crippen molar-refractivity contribution in [3.8, 4) is 0 Å². The number of nitrogens with two attached hydrogens (primary N) is 10. The molecule has 0 aliphatic carbocycles. The third kappa shape index (κ3) is 750. The van der Waals surface area contributed by atoms with Crippen molar-refractivity contribution in [1.29, 1.82) is 0 Å². The summed E-state index contributed by atoms with van der Waals surface area (Å²) in [5, 5.41) is 0. The van der Waals surface area contributed by atoms with Crippen LogP contribution in [0.4, 0.5) is 0 Å². The standard InChI is InChI=1S/7H4N2.6Se.2Sn/c7*1-2;;;;;;;;/h7*1-2H2;;;;;;;;/q;;;;;;;6*-2;2*+4/p+4. The fraction of sp³-hybridized carbons (Fsp3) is 0. The molecule has 0 unspecified atom stereocenters. The topological polar surface area (TPSA) is 371 Å². The Morgan fingerprint density at radius 3 is 0.273 bits per heavy atom. The second kappa shape index (κ2) is 850. The average molecular weight is 940 g/mol. The Morgan fingerprint density at radius 1 is 0.273 bits per heavy atom. The Hall–Kier alpha value is 4.15. The summed E-state index contributed by atoms with van der Waals surface area (Å²) in [6.07, 6.45) is 0. The van der Waals surface area contributed by atoms with Crippen LogP contribution in [-0.4, -0.2) is 150 Å². The Bertz CT molecular complexity index is 27.3. The van der Waals surface area contributed by atoms with E-state index in [1.807, 2.05) is 0 Å². The van der Waals surface area contributed by atoms with E-state index < -0.39 is 0 Å². The first-order valence-corrected chi connectivity index (χ1v) is 2.63. The van der Waals surface area contributed by atoms with Gasteiger partial charge in [0, 0.05) is 0 Å². The van der Waals surface area contributed by atoms with Crippen molar-refractivity contribution >= 4 is 150 Å². The zero-order chi connectivity index (χ0) is 14.0. The molecule has 22 heteroatoms. The molecule has 146 valence electrons. The SMILES string of the molecule is NN.NN.NN.N[NH3+].N[NH3+].N[NH3+].N[NH3+].[Se-2].[Se-2].[Se-2].[Se-2].[Se-2].[Se-2].[Sn+4].[Sn+4]. The van der Waals surface area contributed by atoms with Crippen molar-refractivity contribution in [2.45, 2.75) is 0 Å². The molecule has 0 rings (SSSR count). The van der Waals surface area contributed by atoms with Gasteiger partial charge >= 0.3 is 47.8 Å². The molecule has 0 aliphatic heterocycles. The van der Waals surface area contributed by atoms with E-state index in [0.29, 0.717) is 0 Å². The van der Waals surface area contributed by atoms with Crippen molar-refractivity contribution in [1.82, 2.24) is 0 Å². The Balaban J connectivity index is -0.00000000188. The quantitative estimate of drug-likeness (QED) is 0.0618. The van der Waals surface area contributed by atoms with E-state index in [1.165, 1.54) is 0 Å². The molecule has 0 bridgehead atoms. The second-order valence-corrected chi connectivity index (χ2v) is 0. The maximum absolute atomic E-state index is 4.25. The van der Waals surface area contributed by atoms with Crippen LogP contribution >= 0.6 is 0 Å². The fourth-order valence-electron chi connectivity index (χ4n) is 0. The summed E-state index contributed by atoms with van der Waals surface area (Å²) < 4.78 is 0. The minimum absolute atomic E-state index is 0. The summed E-state index contributed by atoms with van der Waals surface area (Å²) in [5.74, 6) is 52.0. The van der Waals surface area contributed by atoms with Crippen LogP contribution in [0.25, 0.3) is 0 Å². The average Bonchev–Trinajstić information content (AvgIpc) is 2.45. The molecule has 0 amide bonds. The minimum Gasteiger partial charge on any atom is -2.00 e. The van der Waals surface area contributed by atoms with E-state index in [-0.39, 0.29) is 150 Å². The van der Waals surface area contributed by atoms with E-state index in [4.69, 9.17) is 0 Å². The molecule has 0 aromatic rings. The van der Waals surface area contributed by atoms with Gasteiger partial charge in [-0.15, -0.1) is 0 Å². The second-order valence-electron chi connectivity index (χ2n) is 0. The zero-order valence-electron chi connectivity index (χ0n) is 12.1. The normalized spacial score (nSPS) is 1.91. The summed E-state index contributed by atoms with van der Waals surface area (Å²) in [6, 6.07) is 0. The number of hydrogen-bond donors (Lipinski definition) is 14. The molecular formula is H32N14Se6Sn2. The molecule has 14 nitrogen and oxygen atoms in total. The molecule has 0 saturated heterocycles. The van der Waals surface area contributed by atoms with E-state index in [9.17, 15) is 0 Å². The van der Waals surface area contributed by atoms with Crippen LogP contribution in [0, 0.1) is 0 Å². The van der Waals surface area contributed by atoms with Crippen molar-refractivity contribution in [3.05, 3.63) is 0 Å². The first-order valence-electron chi connectivity index (χ1n) is 2.63. The van der Waals surface area contributed by atoms with Crippen molar-refractivity contribution in [2.75, 3.05) is 0 Å². The van der Waals surface area contributed by atoms with Gasteiger partial charge in [-0.2, -0.15) is 23.4 Å². The molecule has 0 heterocycles. The first-order chi connectivity index (χ1) is 7.00. The van der Waals surface area contributed by atoms with E-state index >= 15 is 0 Å². The molecular weight excluding hydrogens is 907 g/mol. The molecule has 22 heavy (non-hydrogen) atoms. The molecule has 0 atom stereocenters. The zero-order valence-corrected chi connectivity index (χ0v) is 28.0. The van der Waals surface area contributed by atoms with E-state index in [2.05, 4.69) is 81.8 Å². The van der Waals surface area contributed by atoms with Gasteiger partial charge in [-0.3, -0.25) is 58.4 Å². The van der Waals surface area contributed by atoms with Gasteiger partial charge in [0.25, 0.3) is 0 Å². The predicted octanol–water partition coefficient (Wildman–Crippen LogP) is -14.2. The smallest absolute Gasteiger partial charge is 2.00 e. The molecule has 0 saturated carbocycles. The van der Waals surface area contributed by atoms with Gasteiger partial charge in [0.1, 0.15) is 0 Å². The Labute approximate surface area is 229 Å². The monoisotopic (exact) mass is 948 g/mol.